The van der Waals surface area contributed by atoms with Crippen molar-refractivity contribution >= 4 is 16.8 Å². The number of nitrogens with one attached hydrogen (secondary N) is 1. The van der Waals surface area contributed by atoms with Crippen LogP contribution in [0.2, 0.25) is 0 Å². The number of ether oxygens (including phenoxy) is 2. The van der Waals surface area contributed by atoms with Crippen molar-refractivity contribution in [2.24, 2.45) is 0 Å². The van der Waals surface area contributed by atoms with Gasteiger partial charge in [-0.05, 0) is 42.0 Å². The van der Waals surface area contributed by atoms with Gasteiger partial charge in [0.1, 0.15) is 12.3 Å². The molecule has 36 heavy (non-hydrogen) atoms. The number of rotatable bonds is 3. The number of piperazine rings is 1. The Balaban J connectivity index is 1.40. The molecule has 2 N–H and O–H groups in total. The lowest BCUT2D eigenvalue weighted by atomic mass is 9.99. The third kappa shape index (κ3) is 3.06. The summed E-state index contributed by atoms with van der Waals surface area (Å²) in [4.78, 5) is 38.6. The van der Waals surface area contributed by atoms with E-state index in [1.165, 1.54) is 0 Å². The highest BCUT2D eigenvalue weighted by Gasteiger charge is 2.52. The topological polar surface area (TPSA) is 108 Å². The van der Waals surface area contributed by atoms with Gasteiger partial charge in [0.05, 0.1) is 24.0 Å². The van der Waals surface area contributed by atoms with Gasteiger partial charge < -0.3 is 24.5 Å². The summed E-state index contributed by atoms with van der Waals surface area (Å²) in [6, 6.07) is 16.9. The van der Waals surface area contributed by atoms with E-state index in [1.54, 1.807) is 22.1 Å². The predicted octanol–water partition coefficient (Wildman–Crippen LogP) is 2.46. The van der Waals surface area contributed by atoms with E-state index in [9.17, 15) is 14.7 Å². The standard InChI is InChI=1S/C27H22N4O5/c32-21-13-30(12-16-5-3-4-10-28-16)27(34)25-22-23(29-18-7-2-1-6-17(18)26(22)33)24(31(21)25)15-8-9-19-20(11-15)36-14-35-19/h1-11,24-25,27,34H,12-14H2,(H,29,33)/t24-,25-,27?/m1/s1. The summed E-state index contributed by atoms with van der Waals surface area (Å²) in [6.45, 7) is 0.415. The van der Waals surface area contributed by atoms with Crippen LogP contribution in [0.5, 0.6) is 11.5 Å². The molecule has 0 saturated carbocycles. The fourth-order valence-corrected chi connectivity index (χ4v) is 5.62. The number of carbonyl (C=O) groups excluding carboxylic acids is 1. The van der Waals surface area contributed by atoms with E-state index in [1.807, 2.05) is 54.6 Å². The zero-order valence-corrected chi connectivity index (χ0v) is 19.1. The number of benzene rings is 2. The number of hydrogen-bond acceptors (Lipinski definition) is 7. The summed E-state index contributed by atoms with van der Waals surface area (Å²) in [5, 5.41) is 12.1. The van der Waals surface area contributed by atoms with Crippen molar-refractivity contribution in [2.75, 3.05) is 13.3 Å². The van der Waals surface area contributed by atoms with Crippen LogP contribution in [0.3, 0.4) is 0 Å². The number of aliphatic hydroxyl groups is 1. The Hall–Kier alpha value is -4.21. The molecule has 5 heterocycles. The summed E-state index contributed by atoms with van der Waals surface area (Å²) < 4.78 is 11.1. The van der Waals surface area contributed by atoms with Crippen LogP contribution in [0.1, 0.15) is 34.6 Å². The second-order valence-corrected chi connectivity index (χ2v) is 9.23. The average molecular weight is 482 g/mol. The number of para-hydroxylation sites is 1. The summed E-state index contributed by atoms with van der Waals surface area (Å²) in [5.41, 5.74) is 3.00. The van der Waals surface area contributed by atoms with Gasteiger partial charge in [-0.25, -0.2) is 0 Å². The fraction of sp³-hybridized carbons (Fsp3) is 0.222. The lowest BCUT2D eigenvalue weighted by Crippen LogP contribution is -2.56. The van der Waals surface area contributed by atoms with Gasteiger partial charge in [-0.3, -0.25) is 19.5 Å². The number of pyridine rings is 2. The van der Waals surface area contributed by atoms with Crippen LogP contribution >= 0.6 is 0 Å². The molecule has 7 rings (SSSR count). The van der Waals surface area contributed by atoms with Crippen molar-refractivity contribution in [1.29, 1.82) is 0 Å². The molecule has 9 nitrogen and oxygen atoms in total. The molecule has 0 aliphatic carbocycles. The summed E-state index contributed by atoms with van der Waals surface area (Å²) >= 11 is 0. The number of nitrogens with zero attached hydrogens (tertiary/aromatic N) is 3. The van der Waals surface area contributed by atoms with Gasteiger partial charge in [-0.1, -0.05) is 24.3 Å². The Bertz CT molecular complexity index is 1570. The zero-order valence-electron chi connectivity index (χ0n) is 19.1. The van der Waals surface area contributed by atoms with E-state index < -0.39 is 18.3 Å². The Morgan fingerprint density at radius 2 is 1.86 bits per heavy atom. The summed E-state index contributed by atoms with van der Waals surface area (Å²) in [5.74, 6) is 1.03. The highest BCUT2D eigenvalue weighted by molar-refractivity contribution is 5.85. The van der Waals surface area contributed by atoms with Crippen LogP contribution < -0.4 is 14.9 Å². The first-order valence-electron chi connectivity index (χ1n) is 11.8. The second-order valence-electron chi connectivity index (χ2n) is 9.23. The Morgan fingerprint density at radius 3 is 2.72 bits per heavy atom. The Kier molecular flexibility index (Phi) is 4.63. The average Bonchev–Trinajstić information content (AvgIpc) is 3.50. The Labute approximate surface area is 205 Å². The van der Waals surface area contributed by atoms with Crippen molar-refractivity contribution in [3.8, 4) is 11.5 Å². The SMILES string of the molecule is O=C1CN(Cc2ccccn2)C(O)[C@H]2c3c([nH]c4ccccc4c3=O)[C@@H](c3ccc4c(c3)OCO4)N12. The number of aromatic nitrogens is 2. The Morgan fingerprint density at radius 1 is 1.03 bits per heavy atom. The minimum atomic E-state index is -1.09. The van der Waals surface area contributed by atoms with Gasteiger partial charge in [0.25, 0.3) is 0 Å². The maximum Gasteiger partial charge on any atom is 0.238 e. The number of H-pyrrole nitrogens is 1. The number of aliphatic hydroxyl groups excluding tert-OH is 1. The quantitative estimate of drug-likeness (QED) is 0.462. The minimum Gasteiger partial charge on any atom is -0.454 e. The van der Waals surface area contributed by atoms with Crippen LogP contribution in [0, 0.1) is 0 Å². The third-order valence-corrected chi connectivity index (χ3v) is 7.21. The van der Waals surface area contributed by atoms with Crippen LogP contribution in [0.15, 0.2) is 71.7 Å². The number of aromatic amines is 1. The number of carbonyl (C=O) groups is 1. The van der Waals surface area contributed by atoms with Crippen molar-refractivity contribution in [3.05, 3.63) is 99.6 Å². The first-order chi connectivity index (χ1) is 17.6. The monoisotopic (exact) mass is 482 g/mol. The second kappa shape index (κ2) is 7.91. The molecule has 2 aromatic carbocycles. The molecule has 1 fully saturated rings. The molecule has 3 aliphatic rings. The molecular weight excluding hydrogens is 460 g/mol. The van der Waals surface area contributed by atoms with Gasteiger partial charge in [-0.15, -0.1) is 0 Å². The molecule has 4 aromatic rings. The smallest absolute Gasteiger partial charge is 0.238 e. The van der Waals surface area contributed by atoms with Crippen LogP contribution in [0.25, 0.3) is 10.9 Å². The maximum atomic E-state index is 13.8. The predicted molar refractivity (Wildman–Crippen MR) is 129 cm³/mol. The first-order valence-corrected chi connectivity index (χ1v) is 11.8. The molecule has 180 valence electrons. The van der Waals surface area contributed by atoms with Crippen LogP contribution in [-0.2, 0) is 11.3 Å². The molecule has 0 bridgehead atoms. The van der Waals surface area contributed by atoms with E-state index in [0.717, 1.165) is 11.3 Å². The molecule has 1 saturated heterocycles. The molecule has 1 amide bonds. The molecule has 1 unspecified atom stereocenters. The molecule has 3 atom stereocenters. The van der Waals surface area contributed by atoms with Crippen LogP contribution in [0.4, 0.5) is 0 Å². The molecule has 0 spiro atoms. The summed E-state index contributed by atoms with van der Waals surface area (Å²) in [6.07, 6.45) is 0.585. The fourth-order valence-electron chi connectivity index (χ4n) is 5.62. The highest BCUT2D eigenvalue weighted by Crippen LogP contribution is 2.49. The van der Waals surface area contributed by atoms with Gasteiger partial charge in [0.15, 0.2) is 16.9 Å². The van der Waals surface area contributed by atoms with Gasteiger partial charge >= 0.3 is 0 Å². The van der Waals surface area contributed by atoms with Gasteiger partial charge in [-0.2, -0.15) is 0 Å². The van der Waals surface area contributed by atoms with Gasteiger partial charge in [0, 0.05) is 29.2 Å². The lowest BCUT2D eigenvalue weighted by molar-refractivity contribution is -0.161. The lowest BCUT2D eigenvalue weighted by Gasteiger charge is -2.43. The van der Waals surface area contributed by atoms with E-state index in [0.29, 0.717) is 33.7 Å². The number of amides is 1. The highest BCUT2D eigenvalue weighted by atomic mass is 16.7. The minimum absolute atomic E-state index is 0.00298. The molecule has 9 heteroatoms. The van der Waals surface area contributed by atoms with E-state index >= 15 is 0 Å². The number of fused-ring (bicyclic) bond motifs is 5. The molecule has 2 aromatic heterocycles. The van der Waals surface area contributed by atoms with Crippen molar-refractivity contribution in [3.63, 3.8) is 0 Å². The normalized spacial score (nSPS) is 22.6. The van der Waals surface area contributed by atoms with E-state index in [-0.39, 0.29) is 31.2 Å². The van der Waals surface area contributed by atoms with Crippen molar-refractivity contribution in [1.82, 2.24) is 19.8 Å². The molecule has 0 radical (unpaired) electrons. The first kappa shape index (κ1) is 21.1. The van der Waals surface area contributed by atoms with Crippen molar-refractivity contribution in [2.45, 2.75) is 24.9 Å². The van der Waals surface area contributed by atoms with Crippen LogP contribution in [-0.4, -0.2) is 50.3 Å². The van der Waals surface area contributed by atoms with Gasteiger partial charge in [0.2, 0.25) is 12.7 Å². The van der Waals surface area contributed by atoms with Crippen molar-refractivity contribution < 1.29 is 19.4 Å². The molecule has 3 aliphatic heterocycles. The zero-order chi connectivity index (χ0) is 24.4. The van der Waals surface area contributed by atoms with E-state index in [2.05, 4.69) is 9.97 Å². The largest absolute Gasteiger partial charge is 0.454 e. The summed E-state index contributed by atoms with van der Waals surface area (Å²) in [7, 11) is 0. The third-order valence-electron chi connectivity index (χ3n) is 7.21. The molecular formula is C27H22N4O5. The number of hydrogen-bond donors (Lipinski definition) is 2. The maximum absolute atomic E-state index is 13.8. The van der Waals surface area contributed by atoms with E-state index in [4.69, 9.17) is 9.47 Å².